The summed E-state index contributed by atoms with van der Waals surface area (Å²) >= 11 is 6.20. The van der Waals surface area contributed by atoms with Crippen molar-refractivity contribution in [2.45, 2.75) is 50.1 Å². The third-order valence-corrected chi connectivity index (χ3v) is 8.67. The third kappa shape index (κ3) is 3.80. The third-order valence-electron chi connectivity index (χ3n) is 8.35. The van der Waals surface area contributed by atoms with E-state index in [0.29, 0.717) is 27.9 Å². The van der Waals surface area contributed by atoms with Gasteiger partial charge in [-0.05, 0) is 86.6 Å². The molecule has 4 aliphatic rings. The number of hydrogen-bond donors (Lipinski definition) is 1. The number of hydrogen-bond acceptors (Lipinski definition) is 5. The van der Waals surface area contributed by atoms with Crippen LogP contribution >= 0.6 is 11.6 Å². The first-order valence-corrected chi connectivity index (χ1v) is 12.4. The average Bonchev–Trinajstić information content (AvgIpc) is 3.40. The number of benzene rings is 1. The van der Waals surface area contributed by atoms with E-state index < -0.39 is 0 Å². The second kappa shape index (κ2) is 8.23. The first-order chi connectivity index (χ1) is 15.6. The Kier molecular flexibility index (Phi) is 5.35. The van der Waals surface area contributed by atoms with Gasteiger partial charge in [-0.25, -0.2) is 4.39 Å². The molecule has 1 aromatic carbocycles. The van der Waals surface area contributed by atoms with Crippen LogP contribution in [0.1, 0.15) is 38.5 Å². The molecule has 32 heavy (non-hydrogen) atoms. The largest absolute Gasteiger partial charge is 0.381 e. The molecule has 2 aliphatic carbocycles. The van der Waals surface area contributed by atoms with Crippen LogP contribution in [0.15, 0.2) is 30.3 Å². The molecule has 5 nitrogen and oxygen atoms in total. The standard InChI is InChI=1S/C25H30ClFN4O/c26-22-2-1-19(27)13-21(22)23-3-4-24(30-29-23)28-20-11-16-14-31(15-17(16)12-20)25(7-8-25)18-5-9-32-10-6-18/h1-4,13,16-18,20H,5-12,14-15H2,(H,28,30)/t16-,17-/m1/s1. The Bertz CT molecular complexity index is 962. The number of aromatic nitrogens is 2. The number of ether oxygens (including phenoxy) is 1. The van der Waals surface area contributed by atoms with Crippen LogP contribution in [0.3, 0.4) is 0 Å². The Hall–Kier alpha value is -1.76. The molecule has 4 fully saturated rings. The van der Waals surface area contributed by atoms with Crippen LogP contribution in [-0.4, -0.2) is 53.0 Å². The average molecular weight is 457 g/mol. The Morgan fingerprint density at radius 3 is 2.44 bits per heavy atom. The van der Waals surface area contributed by atoms with Gasteiger partial charge in [-0.2, -0.15) is 0 Å². The number of likely N-dealkylation sites (tertiary alicyclic amines) is 1. The van der Waals surface area contributed by atoms with E-state index >= 15 is 0 Å². The van der Waals surface area contributed by atoms with E-state index in [1.807, 2.05) is 12.1 Å². The summed E-state index contributed by atoms with van der Waals surface area (Å²) < 4.78 is 19.2. The van der Waals surface area contributed by atoms with Crippen molar-refractivity contribution in [1.29, 1.82) is 0 Å². The van der Waals surface area contributed by atoms with Crippen LogP contribution in [0.4, 0.5) is 10.2 Å². The first-order valence-electron chi connectivity index (χ1n) is 12.0. The van der Waals surface area contributed by atoms with Crippen LogP contribution in [0.2, 0.25) is 5.02 Å². The number of rotatable bonds is 5. The number of nitrogens with one attached hydrogen (secondary N) is 1. The minimum absolute atomic E-state index is 0.329. The molecule has 170 valence electrons. The molecule has 2 saturated carbocycles. The number of fused-ring (bicyclic) bond motifs is 1. The number of halogens is 2. The summed E-state index contributed by atoms with van der Waals surface area (Å²) in [6.07, 6.45) is 7.65. The van der Waals surface area contributed by atoms with Gasteiger partial charge >= 0.3 is 0 Å². The van der Waals surface area contributed by atoms with E-state index in [1.54, 1.807) is 6.07 Å². The quantitative estimate of drug-likeness (QED) is 0.684. The Balaban J connectivity index is 1.06. The van der Waals surface area contributed by atoms with Gasteiger partial charge in [-0.1, -0.05) is 11.6 Å². The van der Waals surface area contributed by atoms with E-state index in [0.717, 1.165) is 36.8 Å². The van der Waals surface area contributed by atoms with Gasteiger partial charge in [0.1, 0.15) is 11.6 Å². The van der Waals surface area contributed by atoms with Crippen molar-refractivity contribution in [3.8, 4) is 11.3 Å². The van der Waals surface area contributed by atoms with Gasteiger partial charge in [0.15, 0.2) is 0 Å². The number of nitrogens with zero attached hydrogens (tertiary/aromatic N) is 3. The summed E-state index contributed by atoms with van der Waals surface area (Å²) in [5, 5.41) is 12.7. The molecular formula is C25H30ClFN4O. The molecule has 0 bridgehead atoms. The molecule has 2 saturated heterocycles. The first kappa shape index (κ1) is 20.8. The Labute approximate surface area is 193 Å². The molecule has 0 radical (unpaired) electrons. The van der Waals surface area contributed by atoms with Gasteiger partial charge in [-0.15, -0.1) is 10.2 Å². The summed E-state index contributed by atoms with van der Waals surface area (Å²) in [6, 6.07) is 8.53. The monoisotopic (exact) mass is 456 g/mol. The normalized spacial score (nSPS) is 28.1. The molecular weight excluding hydrogens is 427 g/mol. The van der Waals surface area contributed by atoms with Gasteiger partial charge in [0.25, 0.3) is 0 Å². The molecule has 6 rings (SSSR count). The summed E-state index contributed by atoms with van der Waals surface area (Å²) in [7, 11) is 0. The summed E-state index contributed by atoms with van der Waals surface area (Å²) in [6.45, 7) is 4.40. The highest BCUT2D eigenvalue weighted by Gasteiger charge is 2.57. The molecule has 0 spiro atoms. The van der Waals surface area contributed by atoms with Crippen LogP contribution in [0, 0.1) is 23.6 Å². The minimum atomic E-state index is -0.329. The SMILES string of the molecule is Fc1ccc(Cl)c(-c2ccc(NC3C[C@@H]4CN(C5(C6CCOCC6)CC5)C[C@H]4C3)nn2)c1. The lowest BCUT2D eigenvalue weighted by molar-refractivity contribution is 0.0202. The topological polar surface area (TPSA) is 50.3 Å². The molecule has 2 aliphatic heterocycles. The van der Waals surface area contributed by atoms with Crippen molar-refractivity contribution in [3.05, 3.63) is 41.2 Å². The molecule has 0 amide bonds. The van der Waals surface area contributed by atoms with Crippen LogP contribution in [-0.2, 0) is 4.74 Å². The summed E-state index contributed by atoms with van der Waals surface area (Å²) in [5.74, 6) is 2.85. The molecule has 0 unspecified atom stereocenters. The van der Waals surface area contributed by atoms with Crippen LogP contribution in [0.25, 0.3) is 11.3 Å². The second-order valence-electron chi connectivity index (χ2n) is 10.2. The van der Waals surface area contributed by atoms with Crippen molar-refractivity contribution in [2.24, 2.45) is 17.8 Å². The van der Waals surface area contributed by atoms with E-state index in [9.17, 15) is 4.39 Å². The number of anilines is 1. The van der Waals surface area contributed by atoms with E-state index in [-0.39, 0.29) is 5.82 Å². The maximum Gasteiger partial charge on any atom is 0.148 e. The van der Waals surface area contributed by atoms with E-state index in [4.69, 9.17) is 16.3 Å². The van der Waals surface area contributed by atoms with Crippen molar-refractivity contribution >= 4 is 17.4 Å². The molecule has 1 N–H and O–H groups in total. The Morgan fingerprint density at radius 2 is 1.78 bits per heavy atom. The smallest absolute Gasteiger partial charge is 0.148 e. The summed E-state index contributed by atoms with van der Waals surface area (Å²) in [4.78, 5) is 2.85. The lowest BCUT2D eigenvalue weighted by Crippen LogP contribution is -2.44. The summed E-state index contributed by atoms with van der Waals surface area (Å²) in [5.41, 5.74) is 1.65. The maximum atomic E-state index is 13.6. The maximum absolute atomic E-state index is 13.6. The fourth-order valence-electron chi connectivity index (χ4n) is 6.58. The fraction of sp³-hybridized carbons (Fsp3) is 0.600. The Morgan fingerprint density at radius 1 is 1.03 bits per heavy atom. The van der Waals surface area contributed by atoms with Crippen molar-refractivity contribution in [2.75, 3.05) is 31.6 Å². The lowest BCUT2D eigenvalue weighted by atomic mass is 9.88. The van der Waals surface area contributed by atoms with E-state index in [2.05, 4.69) is 20.4 Å². The zero-order valence-electron chi connectivity index (χ0n) is 18.3. The zero-order chi connectivity index (χ0) is 21.7. The van der Waals surface area contributed by atoms with Crippen molar-refractivity contribution in [3.63, 3.8) is 0 Å². The molecule has 7 heteroatoms. The fourth-order valence-corrected chi connectivity index (χ4v) is 6.80. The molecule has 3 heterocycles. The predicted octanol–water partition coefficient (Wildman–Crippen LogP) is 5.02. The van der Waals surface area contributed by atoms with Gasteiger partial charge in [0.2, 0.25) is 0 Å². The van der Waals surface area contributed by atoms with E-state index in [1.165, 1.54) is 63.7 Å². The van der Waals surface area contributed by atoms with Gasteiger partial charge in [0, 0.05) is 43.4 Å². The van der Waals surface area contributed by atoms with Crippen LogP contribution < -0.4 is 5.32 Å². The molecule has 2 atom stereocenters. The van der Waals surface area contributed by atoms with Crippen LogP contribution in [0.5, 0.6) is 0 Å². The van der Waals surface area contributed by atoms with Crippen molar-refractivity contribution < 1.29 is 9.13 Å². The second-order valence-corrected chi connectivity index (χ2v) is 10.6. The molecule has 1 aromatic heterocycles. The van der Waals surface area contributed by atoms with Gasteiger partial charge in [-0.3, -0.25) is 4.90 Å². The highest BCUT2D eigenvalue weighted by molar-refractivity contribution is 6.33. The zero-order valence-corrected chi connectivity index (χ0v) is 19.0. The van der Waals surface area contributed by atoms with Gasteiger partial charge in [0.05, 0.1) is 10.7 Å². The van der Waals surface area contributed by atoms with Gasteiger partial charge < -0.3 is 10.1 Å². The lowest BCUT2D eigenvalue weighted by Gasteiger charge is -2.38. The predicted molar refractivity (Wildman–Crippen MR) is 123 cm³/mol. The van der Waals surface area contributed by atoms with Crippen molar-refractivity contribution in [1.82, 2.24) is 15.1 Å². The molecule has 2 aromatic rings. The minimum Gasteiger partial charge on any atom is -0.381 e. The highest BCUT2D eigenvalue weighted by Crippen LogP contribution is 2.55. The highest BCUT2D eigenvalue weighted by atomic mass is 35.5.